The van der Waals surface area contributed by atoms with Crippen LogP contribution in [0.3, 0.4) is 0 Å². The summed E-state index contributed by atoms with van der Waals surface area (Å²) >= 11 is 0. The highest BCUT2D eigenvalue weighted by Gasteiger charge is 2.08. The molecule has 0 fully saturated rings. The zero-order chi connectivity index (χ0) is 19.2. The summed E-state index contributed by atoms with van der Waals surface area (Å²) in [5.41, 5.74) is 2.28. The van der Waals surface area contributed by atoms with E-state index in [1.54, 1.807) is 18.2 Å². The first kappa shape index (κ1) is 18.7. The zero-order valence-corrected chi connectivity index (χ0v) is 15.5. The maximum atomic E-state index is 13.0. The highest BCUT2D eigenvalue weighted by Crippen LogP contribution is 2.23. The van der Waals surface area contributed by atoms with Gasteiger partial charge in [-0.15, -0.1) is 0 Å². The van der Waals surface area contributed by atoms with Gasteiger partial charge in [0.2, 0.25) is 0 Å². The van der Waals surface area contributed by atoms with Crippen LogP contribution >= 0.6 is 0 Å². The van der Waals surface area contributed by atoms with Gasteiger partial charge in [-0.05, 0) is 60.5 Å². The zero-order valence-electron chi connectivity index (χ0n) is 15.5. The van der Waals surface area contributed by atoms with Crippen LogP contribution in [0.5, 0.6) is 0 Å². The molecular formula is C22H23FN2O2. The summed E-state index contributed by atoms with van der Waals surface area (Å²) in [4.78, 5) is 12.2. The van der Waals surface area contributed by atoms with Gasteiger partial charge >= 0.3 is 0 Å². The number of hydrogen-bond donors (Lipinski definition) is 2. The van der Waals surface area contributed by atoms with Crippen LogP contribution in [0.25, 0.3) is 11.3 Å². The summed E-state index contributed by atoms with van der Waals surface area (Å²) in [5, 5.41) is 6.17. The second-order valence-electron chi connectivity index (χ2n) is 6.81. The van der Waals surface area contributed by atoms with Gasteiger partial charge in [0, 0.05) is 23.4 Å². The van der Waals surface area contributed by atoms with Crippen molar-refractivity contribution in [3.8, 4) is 11.3 Å². The van der Waals surface area contributed by atoms with Crippen molar-refractivity contribution in [3.05, 3.63) is 77.8 Å². The van der Waals surface area contributed by atoms with Gasteiger partial charge in [-0.1, -0.05) is 19.9 Å². The van der Waals surface area contributed by atoms with Gasteiger partial charge in [0.1, 0.15) is 17.3 Å². The summed E-state index contributed by atoms with van der Waals surface area (Å²) in [6, 6.07) is 17.3. The average Bonchev–Trinajstić information content (AvgIpc) is 3.14. The van der Waals surface area contributed by atoms with Crippen molar-refractivity contribution < 1.29 is 13.6 Å². The molecule has 2 aromatic carbocycles. The number of nitrogens with one attached hydrogen (secondary N) is 2. The molecule has 0 aliphatic heterocycles. The average molecular weight is 366 g/mol. The predicted octanol–water partition coefficient (Wildman–Crippen LogP) is 5.08. The summed E-state index contributed by atoms with van der Waals surface area (Å²) in [5.74, 6) is 1.50. The normalized spacial score (nSPS) is 10.8. The number of carbonyl (C=O) groups excluding carboxylic acids is 1. The third kappa shape index (κ3) is 5.20. The minimum Gasteiger partial charge on any atom is -0.459 e. The van der Waals surface area contributed by atoms with Crippen LogP contribution < -0.4 is 10.6 Å². The topological polar surface area (TPSA) is 54.3 Å². The fourth-order valence-corrected chi connectivity index (χ4v) is 2.60. The summed E-state index contributed by atoms with van der Waals surface area (Å²) in [6.07, 6.45) is 0. The lowest BCUT2D eigenvalue weighted by atomic mass is 10.1. The minimum atomic E-state index is -0.274. The van der Waals surface area contributed by atoms with E-state index in [9.17, 15) is 9.18 Å². The Kier molecular flexibility index (Phi) is 5.91. The summed E-state index contributed by atoms with van der Waals surface area (Å²) in [7, 11) is 0. The molecule has 1 amide bonds. The van der Waals surface area contributed by atoms with E-state index >= 15 is 0 Å². The molecule has 0 radical (unpaired) electrons. The van der Waals surface area contributed by atoms with Crippen molar-refractivity contribution in [2.45, 2.75) is 20.4 Å². The van der Waals surface area contributed by atoms with Crippen LogP contribution in [0.1, 0.15) is 30.0 Å². The molecule has 4 nitrogen and oxygen atoms in total. The Labute approximate surface area is 158 Å². The Morgan fingerprint density at radius 1 is 1.07 bits per heavy atom. The number of anilines is 1. The predicted molar refractivity (Wildman–Crippen MR) is 105 cm³/mol. The lowest BCUT2D eigenvalue weighted by Gasteiger charge is -2.09. The lowest BCUT2D eigenvalue weighted by molar-refractivity contribution is 0.0949. The molecule has 0 saturated carbocycles. The van der Waals surface area contributed by atoms with E-state index in [0.717, 1.165) is 17.0 Å². The number of benzene rings is 2. The van der Waals surface area contributed by atoms with Crippen molar-refractivity contribution >= 4 is 11.6 Å². The molecule has 0 spiro atoms. The molecule has 140 valence electrons. The Bertz CT molecular complexity index is 901. The molecule has 2 N–H and O–H groups in total. The van der Waals surface area contributed by atoms with Gasteiger partial charge in [0.25, 0.3) is 5.91 Å². The Hall–Kier alpha value is -3.08. The number of carbonyl (C=O) groups is 1. The molecule has 5 heteroatoms. The first-order valence-electron chi connectivity index (χ1n) is 8.98. The molecule has 0 bridgehead atoms. The third-order valence-electron chi connectivity index (χ3n) is 4.05. The second-order valence-corrected chi connectivity index (χ2v) is 6.81. The monoisotopic (exact) mass is 366 g/mol. The second kappa shape index (κ2) is 8.54. The summed E-state index contributed by atoms with van der Waals surface area (Å²) in [6.45, 7) is 5.25. The standard InChI is InChI=1S/C22H23FN2O2/c1-15(2)13-25-22(26)17-4-3-5-19(12-17)24-14-20-10-11-21(27-20)16-6-8-18(23)9-7-16/h3-12,15,24H,13-14H2,1-2H3,(H,25,26). The Balaban J connectivity index is 1.61. The highest BCUT2D eigenvalue weighted by molar-refractivity contribution is 5.95. The van der Waals surface area contributed by atoms with E-state index in [1.165, 1.54) is 12.1 Å². The molecule has 3 rings (SSSR count). The number of halogens is 1. The van der Waals surface area contributed by atoms with Crippen LogP contribution in [-0.2, 0) is 6.54 Å². The molecule has 0 saturated heterocycles. The van der Waals surface area contributed by atoms with Crippen LogP contribution in [0, 0.1) is 11.7 Å². The first-order valence-corrected chi connectivity index (χ1v) is 8.98. The molecule has 27 heavy (non-hydrogen) atoms. The fourth-order valence-electron chi connectivity index (χ4n) is 2.60. The van der Waals surface area contributed by atoms with Gasteiger partial charge in [-0.2, -0.15) is 0 Å². The van der Waals surface area contributed by atoms with E-state index in [2.05, 4.69) is 24.5 Å². The molecule has 0 aliphatic rings. The molecule has 1 heterocycles. The molecular weight excluding hydrogens is 343 g/mol. The van der Waals surface area contributed by atoms with Crippen LogP contribution in [-0.4, -0.2) is 12.5 Å². The molecule has 1 aromatic heterocycles. The molecule has 3 aromatic rings. The summed E-state index contributed by atoms with van der Waals surface area (Å²) < 4.78 is 18.8. The van der Waals surface area contributed by atoms with E-state index in [1.807, 2.05) is 30.3 Å². The molecule has 0 unspecified atom stereocenters. The van der Waals surface area contributed by atoms with Gasteiger partial charge in [0.15, 0.2) is 0 Å². The number of furan rings is 1. The van der Waals surface area contributed by atoms with E-state index in [0.29, 0.717) is 30.3 Å². The Morgan fingerprint density at radius 3 is 2.59 bits per heavy atom. The molecule has 0 aliphatic carbocycles. The number of hydrogen-bond acceptors (Lipinski definition) is 3. The maximum absolute atomic E-state index is 13.0. The van der Waals surface area contributed by atoms with Gasteiger partial charge < -0.3 is 15.1 Å². The van der Waals surface area contributed by atoms with Crippen molar-refractivity contribution in [2.24, 2.45) is 5.92 Å². The van der Waals surface area contributed by atoms with E-state index < -0.39 is 0 Å². The number of amides is 1. The smallest absolute Gasteiger partial charge is 0.251 e. The maximum Gasteiger partial charge on any atom is 0.251 e. The molecule has 0 atom stereocenters. The van der Waals surface area contributed by atoms with Crippen molar-refractivity contribution in [1.82, 2.24) is 5.32 Å². The highest BCUT2D eigenvalue weighted by atomic mass is 19.1. The Morgan fingerprint density at radius 2 is 1.85 bits per heavy atom. The largest absolute Gasteiger partial charge is 0.459 e. The van der Waals surface area contributed by atoms with Crippen LogP contribution in [0.4, 0.5) is 10.1 Å². The van der Waals surface area contributed by atoms with Gasteiger partial charge in [0.05, 0.1) is 6.54 Å². The van der Waals surface area contributed by atoms with Gasteiger partial charge in [-0.25, -0.2) is 4.39 Å². The van der Waals surface area contributed by atoms with Crippen molar-refractivity contribution in [1.29, 1.82) is 0 Å². The minimum absolute atomic E-state index is 0.0797. The first-order chi connectivity index (χ1) is 13.0. The van der Waals surface area contributed by atoms with Crippen LogP contribution in [0.2, 0.25) is 0 Å². The van der Waals surface area contributed by atoms with Gasteiger partial charge in [-0.3, -0.25) is 4.79 Å². The van der Waals surface area contributed by atoms with E-state index in [4.69, 9.17) is 4.42 Å². The van der Waals surface area contributed by atoms with Crippen molar-refractivity contribution in [3.63, 3.8) is 0 Å². The number of rotatable bonds is 7. The van der Waals surface area contributed by atoms with Crippen LogP contribution in [0.15, 0.2) is 65.1 Å². The third-order valence-corrected chi connectivity index (χ3v) is 4.05. The lowest BCUT2D eigenvalue weighted by Crippen LogP contribution is -2.27. The quantitative estimate of drug-likeness (QED) is 0.613. The fraction of sp³-hybridized carbons (Fsp3) is 0.227. The van der Waals surface area contributed by atoms with E-state index in [-0.39, 0.29) is 11.7 Å². The SMILES string of the molecule is CC(C)CNC(=O)c1cccc(NCc2ccc(-c3ccc(F)cc3)o2)c1. The van der Waals surface area contributed by atoms with Crippen molar-refractivity contribution in [2.75, 3.05) is 11.9 Å².